The zero-order chi connectivity index (χ0) is 20.4. The summed E-state index contributed by atoms with van der Waals surface area (Å²) in [6, 6.07) is 21.0. The Morgan fingerprint density at radius 1 is 0.966 bits per heavy atom. The third-order valence-electron chi connectivity index (χ3n) is 4.45. The molecule has 4 nitrogen and oxygen atoms in total. The Kier molecular flexibility index (Phi) is 6.26. The molecule has 0 aliphatic carbocycles. The van der Waals surface area contributed by atoms with Crippen LogP contribution in [0.25, 0.3) is 22.0 Å². The molecule has 3 aromatic carbocycles. The van der Waals surface area contributed by atoms with E-state index < -0.39 is 0 Å². The second kappa shape index (κ2) is 8.89. The van der Waals surface area contributed by atoms with Gasteiger partial charge in [-0.2, -0.15) is 0 Å². The number of carbonyl (C=O) groups excluding carboxylic acids is 1. The Morgan fingerprint density at radius 3 is 2.52 bits per heavy atom. The second-order valence-corrected chi connectivity index (χ2v) is 8.57. The summed E-state index contributed by atoms with van der Waals surface area (Å²) in [4.78, 5) is 20.8. The summed E-state index contributed by atoms with van der Waals surface area (Å²) < 4.78 is 6.41. The normalized spacial score (nSPS) is 10.8. The molecular weight excluding hydrogens is 484 g/mol. The Labute approximate surface area is 197 Å². The number of carbonyl (C=O) groups is 1. The van der Waals surface area contributed by atoms with Gasteiger partial charge in [0, 0.05) is 0 Å². The number of ether oxygens (including phenoxy) is 1. The quantitative estimate of drug-likeness (QED) is 0.223. The summed E-state index contributed by atoms with van der Waals surface area (Å²) >= 11 is 13.0. The molecule has 7 heteroatoms. The zero-order valence-electron chi connectivity index (χ0n) is 15.1. The van der Waals surface area contributed by atoms with Gasteiger partial charge in [-0.1, -0.05) is 0 Å². The van der Waals surface area contributed by atoms with Gasteiger partial charge in [0.2, 0.25) is 0 Å². The molecule has 0 aliphatic rings. The molecule has 0 saturated heterocycles. The van der Waals surface area contributed by atoms with E-state index >= 15 is 0 Å². The van der Waals surface area contributed by atoms with Crippen LogP contribution in [-0.4, -0.2) is 15.9 Å². The number of halogens is 2. The molecule has 0 radical (unpaired) electrons. The summed E-state index contributed by atoms with van der Waals surface area (Å²) in [5.41, 5.74) is 4.04. The van der Waals surface area contributed by atoms with Crippen LogP contribution >= 0.6 is 23.2 Å². The molecule has 0 bridgehead atoms. The maximum absolute atomic E-state index is 12.5. The minimum absolute atomic E-state index is 0.110. The number of nitrogens with zero attached hydrogens (tertiary/aromatic N) is 2. The van der Waals surface area contributed by atoms with Crippen molar-refractivity contribution in [3.05, 3.63) is 88.3 Å². The molecule has 4 aromatic rings. The first kappa shape index (κ1) is 20.4. The molecule has 4 rings (SSSR count). The van der Waals surface area contributed by atoms with Crippen LogP contribution in [0.1, 0.15) is 15.9 Å². The van der Waals surface area contributed by atoms with Crippen molar-refractivity contribution in [1.82, 2.24) is 9.97 Å². The summed E-state index contributed by atoms with van der Waals surface area (Å²) in [6.45, 7) is 0.248. The van der Waals surface area contributed by atoms with Gasteiger partial charge in [0.15, 0.2) is 0 Å². The van der Waals surface area contributed by atoms with Crippen molar-refractivity contribution in [2.45, 2.75) is 6.61 Å². The predicted octanol–water partition coefficient (Wildman–Crippen LogP) is 5.13. The van der Waals surface area contributed by atoms with Crippen LogP contribution < -0.4 is 2.37 Å². The van der Waals surface area contributed by atoms with Crippen molar-refractivity contribution in [2.24, 2.45) is 0 Å². The van der Waals surface area contributed by atoms with E-state index in [0.717, 1.165) is 55.4 Å². The Balaban J connectivity index is 1.64. The van der Waals surface area contributed by atoms with Gasteiger partial charge in [-0.15, -0.1) is 0 Å². The van der Waals surface area contributed by atoms with Crippen molar-refractivity contribution in [1.29, 1.82) is 0 Å². The van der Waals surface area contributed by atoms with Crippen LogP contribution in [0.5, 0.6) is 0 Å². The van der Waals surface area contributed by atoms with E-state index in [2.05, 4.69) is 9.97 Å². The van der Waals surface area contributed by atoms with E-state index in [1.165, 1.54) is 0 Å². The fraction of sp³-hybridized carbons (Fsp3) is 0.0455. The van der Waals surface area contributed by atoms with Gasteiger partial charge in [-0.05, 0) is 0 Å². The van der Waals surface area contributed by atoms with E-state index in [9.17, 15) is 4.79 Å². The topological polar surface area (TPSA) is 52.1 Å². The summed E-state index contributed by atoms with van der Waals surface area (Å²) in [7, 11) is 0. The first-order chi connectivity index (χ1) is 14.0. The number of hydrogen-bond acceptors (Lipinski definition) is 4. The van der Waals surface area contributed by atoms with Crippen molar-refractivity contribution in [3.8, 4) is 11.1 Å². The van der Waals surface area contributed by atoms with E-state index in [-0.39, 0.29) is 17.9 Å². The van der Waals surface area contributed by atoms with Crippen molar-refractivity contribution in [2.75, 3.05) is 0 Å². The molecule has 0 spiro atoms. The predicted molar refractivity (Wildman–Crippen MR) is 110 cm³/mol. The van der Waals surface area contributed by atoms with Crippen LogP contribution in [-0.2, 0) is 42.3 Å². The second-order valence-electron chi connectivity index (χ2n) is 6.35. The molecule has 0 N–H and O–H groups in total. The van der Waals surface area contributed by atoms with Crippen LogP contribution in [0.15, 0.2) is 66.7 Å². The van der Waals surface area contributed by atoms with E-state index in [1.54, 1.807) is 6.07 Å². The molecule has 0 fully saturated rings. The fourth-order valence-corrected chi connectivity index (χ4v) is 4.53. The minimum atomic E-state index is -0.325. The number of rotatable bonds is 4. The van der Waals surface area contributed by atoms with Gasteiger partial charge in [-0.3, -0.25) is 0 Å². The van der Waals surface area contributed by atoms with Crippen LogP contribution in [0.2, 0.25) is 10.4 Å². The summed E-state index contributed by atoms with van der Waals surface area (Å²) in [5, 5.41) is 1.15. The third kappa shape index (κ3) is 4.51. The standard InChI is InChI=1S/C22H13Cl2N2O2.Y/c23-20-19-17(7-4-8-18(19)25-22(24)26-20)15-9-11-16(12-10-15)21(27)28-13-14-5-2-1-3-6-14;/h1-11H,13H2;. The first-order valence-electron chi connectivity index (χ1n) is 8.75. The number of hydrogen-bond donors (Lipinski definition) is 0. The van der Waals surface area contributed by atoms with Gasteiger partial charge in [-0.25, -0.2) is 0 Å². The molecule has 0 aliphatic heterocycles. The van der Waals surface area contributed by atoms with Gasteiger partial charge in [0.05, 0.1) is 0 Å². The first-order valence-corrected chi connectivity index (χ1v) is 10.9. The number of esters is 1. The SMILES string of the molecule is O=C(OCc1ccccc1)c1ccc(-c2cccc3nc(Cl)nc(Cl)c23)c[c]1[Y]. The monoisotopic (exact) mass is 496 g/mol. The number of fused-ring (bicyclic) bond motifs is 1. The molecule has 1 aromatic heterocycles. The molecular formula is C22H13Cl2N2O2Y. The summed E-state index contributed by atoms with van der Waals surface area (Å²) in [6.07, 6.45) is 0. The van der Waals surface area contributed by atoms with Crippen LogP contribution in [0, 0.1) is 0 Å². The Hall–Kier alpha value is -1.85. The van der Waals surface area contributed by atoms with Crippen molar-refractivity contribution in [3.63, 3.8) is 0 Å². The summed E-state index contributed by atoms with van der Waals surface area (Å²) in [5.74, 6) is -0.325. The van der Waals surface area contributed by atoms with E-state index in [4.69, 9.17) is 27.9 Å². The molecule has 1 heterocycles. The molecule has 140 valence electrons. The average molecular weight is 497 g/mol. The molecule has 0 saturated carbocycles. The van der Waals surface area contributed by atoms with Gasteiger partial charge >= 0.3 is 199 Å². The van der Waals surface area contributed by atoms with Gasteiger partial charge < -0.3 is 0 Å². The van der Waals surface area contributed by atoms with E-state index in [1.807, 2.05) is 60.7 Å². The number of aromatic nitrogens is 2. The Morgan fingerprint density at radius 2 is 1.76 bits per heavy atom. The fourth-order valence-electron chi connectivity index (χ4n) is 3.07. The molecule has 0 amide bonds. The third-order valence-corrected chi connectivity index (χ3v) is 6.06. The maximum atomic E-state index is 12.5. The Bertz CT molecular complexity index is 1220. The average Bonchev–Trinajstić information content (AvgIpc) is 2.72. The van der Waals surface area contributed by atoms with Gasteiger partial charge in [0.25, 0.3) is 0 Å². The zero-order valence-corrected chi connectivity index (χ0v) is 19.5. The van der Waals surface area contributed by atoms with Crippen molar-refractivity contribution < 1.29 is 40.5 Å². The van der Waals surface area contributed by atoms with Crippen LogP contribution in [0.3, 0.4) is 0 Å². The van der Waals surface area contributed by atoms with Crippen molar-refractivity contribution >= 4 is 42.4 Å². The number of benzene rings is 3. The van der Waals surface area contributed by atoms with Gasteiger partial charge in [0.1, 0.15) is 0 Å². The molecule has 0 unspecified atom stereocenters. The molecule has 0 atom stereocenters. The van der Waals surface area contributed by atoms with E-state index in [0.29, 0.717) is 16.2 Å². The molecule has 29 heavy (non-hydrogen) atoms. The van der Waals surface area contributed by atoms with Crippen LogP contribution in [0.4, 0.5) is 0 Å².